The lowest BCUT2D eigenvalue weighted by Crippen LogP contribution is -2.11. The van der Waals surface area contributed by atoms with E-state index in [9.17, 15) is 0 Å². The Kier molecular flexibility index (Phi) is 3.68. The Morgan fingerprint density at radius 2 is 2.38 bits per heavy atom. The summed E-state index contributed by atoms with van der Waals surface area (Å²) in [5.74, 6) is 6.08. The number of nitrogens with one attached hydrogen (secondary N) is 1. The number of nitrogens with zero attached hydrogens (tertiary/aromatic N) is 2. The van der Waals surface area contributed by atoms with E-state index in [4.69, 9.17) is 10.6 Å². The van der Waals surface area contributed by atoms with Gasteiger partial charge in [-0.15, -0.1) is 11.3 Å². The average molecular weight is 236 g/mol. The second-order valence-electron chi connectivity index (χ2n) is 3.04. The molecule has 0 atom stereocenters. The van der Waals surface area contributed by atoms with Crippen LogP contribution in [-0.4, -0.2) is 16.6 Å². The molecule has 0 amide bonds. The summed E-state index contributed by atoms with van der Waals surface area (Å²) in [6.07, 6.45) is 2.48. The van der Waals surface area contributed by atoms with Crippen LogP contribution < -0.4 is 16.0 Å². The van der Waals surface area contributed by atoms with Gasteiger partial charge in [0.1, 0.15) is 0 Å². The lowest BCUT2D eigenvalue weighted by atomic mass is 10.4. The van der Waals surface area contributed by atoms with Gasteiger partial charge in [0.05, 0.1) is 6.61 Å². The van der Waals surface area contributed by atoms with Crippen molar-refractivity contribution >= 4 is 17.3 Å². The minimum absolute atomic E-state index is 0.355. The predicted octanol–water partition coefficient (Wildman–Crippen LogP) is 1.45. The average Bonchev–Trinajstić information content (AvgIpc) is 2.82. The van der Waals surface area contributed by atoms with Gasteiger partial charge in [0.25, 0.3) is 0 Å². The van der Waals surface area contributed by atoms with E-state index >= 15 is 0 Å². The van der Waals surface area contributed by atoms with Crippen molar-refractivity contribution in [3.05, 3.63) is 34.7 Å². The van der Waals surface area contributed by atoms with E-state index in [1.54, 1.807) is 23.6 Å². The van der Waals surface area contributed by atoms with Gasteiger partial charge in [0, 0.05) is 23.6 Å². The van der Waals surface area contributed by atoms with Crippen LogP contribution in [0.5, 0.6) is 5.88 Å². The van der Waals surface area contributed by atoms with Crippen LogP contribution in [0.2, 0.25) is 0 Å². The molecule has 84 valence electrons. The van der Waals surface area contributed by atoms with Crippen molar-refractivity contribution in [2.75, 3.05) is 12.0 Å². The van der Waals surface area contributed by atoms with Gasteiger partial charge in [-0.3, -0.25) is 5.43 Å². The summed E-state index contributed by atoms with van der Waals surface area (Å²) in [5.41, 5.74) is 2.37. The summed E-state index contributed by atoms with van der Waals surface area (Å²) in [6.45, 7) is 0.599. The van der Waals surface area contributed by atoms with Crippen LogP contribution in [0, 0.1) is 0 Å². The summed E-state index contributed by atoms with van der Waals surface area (Å²) < 4.78 is 5.48. The van der Waals surface area contributed by atoms with Crippen LogP contribution >= 0.6 is 11.3 Å². The van der Waals surface area contributed by atoms with Gasteiger partial charge >= 0.3 is 0 Å². The second-order valence-corrected chi connectivity index (χ2v) is 4.07. The van der Waals surface area contributed by atoms with E-state index in [2.05, 4.69) is 26.8 Å². The van der Waals surface area contributed by atoms with E-state index in [0.29, 0.717) is 18.4 Å². The number of ether oxygens (including phenoxy) is 1. The molecule has 5 nitrogen and oxygen atoms in total. The molecule has 2 rings (SSSR count). The summed E-state index contributed by atoms with van der Waals surface area (Å²) >= 11 is 1.72. The highest BCUT2D eigenvalue weighted by atomic mass is 32.1. The van der Waals surface area contributed by atoms with Crippen molar-refractivity contribution in [3.63, 3.8) is 0 Å². The van der Waals surface area contributed by atoms with Crippen molar-refractivity contribution in [3.8, 4) is 5.88 Å². The third-order valence-corrected chi connectivity index (χ3v) is 2.87. The normalized spacial score (nSPS) is 10.1. The van der Waals surface area contributed by atoms with Gasteiger partial charge in [-0.05, 0) is 11.4 Å². The summed E-state index contributed by atoms with van der Waals surface area (Å²) in [5, 5.41) is 2.05. The van der Waals surface area contributed by atoms with Crippen molar-refractivity contribution in [2.45, 2.75) is 6.42 Å². The van der Waals surface area contributed by atoms with Crippen molar-refractivity contribution in [2.24, 2.45) is 5.84 Å². The van der Waals surface area contributed by atoms with Crippen LogP contribution in [0.25, 0.3) is 0 Å². The molecule has 0 fully saturated rings. The first-order valence-electron chi connectivity index (χ1n) is 4.83. The van der Waals surface area contributed by atoms with Crippen LogP contribution in [0.3, 0.4) is 0 Å². The Bertz CT molecular complexity index is 432. The Balaban J connectivity index is 1.85. The zero-order chi connectivity index (χ0) is 11.2. The maximum absolute atomic E-state index is 5.48. The number of nitrogen functional groups attached to an aromatic ring is 1. The van der Waals surface area contributed by atoms with Crippen molar-refractivity contribution in [1.29, 1.82) is 0 Å². The van der Waals surface area contributed by atoms with E-state index in [1.165, 1.54) is 4.88 Å². The quantitative estimate of drug-likeness (QED) is 0.607. The number of rotatable bonds is 5. The highest BCUT2D eigenvalue weighted by Gasteiger charge is 1.99. The third kappa shape index (κ3) is 2.91. The van der Waals surface area contributed by atoms with E-state index in [1.807, 2.05) is 6.07 Å². The highest BCUT2D eigenvalue weighted by molar-refractivity contribution is 7.09. The molecule has 0 radical (unpaired) electrons. The zero-order valence-electron chi connectivity index (χ0n) is 8.59. The molecule has 0 aromatic carbocycles. The van der Waals surface area contributed by atoms with Gasteiger partial charge in [-0.2, -0.15) is 4.98 Å². The standard InChI is InChI=1S/C10H12N4OS/c11-14-10-12-5-3-9(13-10)15-6-4-8-2-1-7-16-8/h1-3,5,7H,4,6,11H2,(H,12,13,14). The number of nitrogens with two attached hydrogens (primary N) is 1. The van der Waals surface area contributed by atoms with Crippen molar-refractivity contribution in [1.82, 2.24) is 9.97 Å². The fourth-order valence-corrected chi connectivity index (χ4v) is 1.89. The number of aromatic nitrogens is 2. The zero-order valence-corrected chi connectivity index (χ0v) is 9.41. The first-order valence-corrected chi connectivity index (χ1v) is 5.71. The maximum atomic E-state index is 5.48. The molecule has 0 aliphatic heterocycles. The first-order chi connectivity index (χ1) is 7.88. The van der Waals surface area contributed by atoms with Gasteiger partial charge < -0.3 is 4.74 Å². The molecule has 3 N–H and O–H groups in total. The second kappa shape index (κ2) is 5.43. The fraction of sp³-hybridized carbons (Fsp3) is 0.200. The number of hydrogen-bond acceptors (Lipinski definition) is 6. The molecule has 0 aliphatic carbocycles. The lowest BCUT2D eigenvalue weighted by molar-refractivity contribution is 0.310. The molecular weight excluding hydrogens is 224 g/mol. The van der Waals surface area contributed by atoms with Crippen LogP contribution in [0.15, 0.2) is 29.8 Å². The predicted molar refractivity (Wildman–Crippen MR) is 63.4 cm³/mol. The smallest absolute Gasteiger partial charge is 0.240 e. The lowest BCUT2D eigenvalue weighted by Gasteiger charge is -2.04. The summed E-state index contributed by atoms with van der Waals surface area (Å²) in [6, 6.07) is 5.82. The molecule has 0 spiro atoms. The van der Waals surface area contributed by atoms with Gasteiger partial charge in [-0.1, -0.05) is 6.07 Å². The number of anilines is 1. The Morgan fingerprint density at radius 3 is 3.12 bits per heavy atom. The molecule has 16 heavy (non-hydrogen) atoms. The topological polar surface area (TPSA) is 73.1 Å². The molecule has 2 aromatic heterocycles. The molecular formula is C10H12N4OS. The van der Waals surface area contributed by atoms with E-state index in [0.717, 1.165) is 6.42 Å². The molecule has 0 unspecified atom stereocenters. The molecule has 0 saturated carbocycles. The molecule has 0 aliphatic rings. The number of hydrazine groups is 1. The summed E-state index contributed by atoms with van der Waals surface area (Å²) in [7, 11) is 0. The van der Waals surface area contributed by atoms with Crippen molar-refractivity contribution < 1.29 is 4.74 Å². The minimum Gasteiger partial charge on any atom is -0.477 e. The van der Waals surface area contributed by atoms with Gasteiger partial charge in [0.15, 0.2) is 0 Å². The largest absolute Gasteiger partial charge is 0.477 e. The summed E-state index contributed by atoms with van der Waals surface area (Å²) in [4.78, 5) is 9.23. The minimum atomic E-state index is 0.355. The van der Waals surface area contributed by atoms with Gasteiger partial charge in [-0.25, -0.2) is 10.8 Å². The SMILES string of the molecule is NNc1nccc(OCCc2cccs2)n1. The first kappa shape index (κ1) is 10.8. The Hall–Kier alpha value is -1.66. The van der Waals surface area contributed by atoms with Gasteiger partial charge in [0.2, 0.25) is 11.8 Å². The Labute approximate surface area is 97.3 Å². The number of thiophene rings is 1. The molecule has 0 bridgehead atoms. The maximum Gasteiger partial charge on any atom is 0.240 e. The molecule has 2 aromatic rings. The third-order valence-electron chi connectivity index (χ3n) is 1.94. The van der Waals surface area contributed by atoms with Crippen LogP contribution in [0.4, 0.5) is 5.95 Å². The van der Waals surface area contributed by atoms with E-state index < -0.39 is 0 Å². The van der Waals surface area contributed by atoms with E-state index in [-0.39, 0.29) is 0 Å². The monoisotopic (exact) mass is 236 g/mol. The fourth-order valence-electron chi connectivity index (χ4n) is 1.20. The number of hydrogen-bond donors (Lipinski definition) is 2. The van der Waals surface area contributed by atoms with Crippen LogP contribution in [0.1, 0.15) is 4.88 Å². The molecule has 0 saturated heterocycles. The molecule has 2 heterocycles. The highest BCUT2D eigenvalue weighted by Crippen LogP contribution is 2.11. The van der Waals surface area contributed by atoms with Crippen LogP contribution in [-0.2, 0) is 6.42 Å². The Morgan fingerprint density at radius 1 is 1.44 bits per heavy atom. The molecule has 6 heteroatoms.